The Labute approximate surface area is 183 Å². The lowest BCUT2D eigenvalue weighted by Gasteiger charge is -2.16. The lowest BCUT2D eigenvalue weighted by molar-refractivity contribution is -0.120. The van der Waals surface area contributed by atoms with Crippen LogP contribution in [0.5, 0.6) is 0 Å². The highest BCUT2D eigenvalue weighted by Crippen LogP contribution is 2.34. The predicted molar refractivity (Wildman–Crippen MR) is 124 cm³/mol. The van der Waals surface area contributed by atoms with Gasteiger partial charge in [0, 0.05) is 29.9 Å². The van der Waals surface area contributed by atoms with Crippen LogP contribution in [0.1, 0.15) is 5.56 Å². The minimum Gasteiger partial charge on any atom is -0.378 e. The number of nitrogens with zero attached hydrogens (tertiary/aromatic N) is 2. The maximum atomic E-state index is 13.4. The van der Waals surface area contributed by atoms with Crippen LogP contribution >= 0.6 is 15.9 Å². The number of rotatable bonds is 5. The van der Waals surface area contributed by atoms with Gasteiger partial charge in [-0.15, -0.1) is 0 Å². The van der Waals surface area contributed by atoms with E-state index in [2.05, 4.69) is 21.2 Å². The molecule has 0 fully saturated rings. The van der Waals surface area contributed by atoms with Gasteiger partial charge in [0.05, 0.1) is 11.3 Å². The maximum absolute atomic E-state index is 13.4. The molecule has 6 heteroatoms. The van der Waals surface area contributed by atoms with Gasteiger partial charge in [-0.05, 0) is 48.0 Å². The molecule has 0 aliphatic carbocycles. The lowest BCUT2D eigenvalue weighted by Crippen LogP contribution is -2.32. The van der Waals surface area contributed by atoms with Gasteiger partial charge in [-0.3, -0.25) is 9.59 Å². The van der Waals surface area contributed by atoms with Crippen molar-refractivity contribution in [1.82, 2.24) is 0 Å². The van der Waals surface area contributed by atoms with Gasteiger partial charge >= 0.3 is 0 Å². The fourth-order valence-electron chi connectivity index (χ4n) is 3.36. The molecule has 30 heavy (non-hydrogen) atoms. The monoisotopic (exact) mass is 461 g/mol. The number of hydrogen-bond donors (Lipinski definition) is 1. The second kappa shape index (κ2) is 8.16. The maximum Gasteiger partial charge on any atom is 0.282 e. The molecule has 0 spiro atoms. The van der Waals surface area contributed by atoms with Crippen molar-refractivity contribution in [1.29, 1.82) is 0 Å². The van der Waals surface area contributed by atoms with Crippen molar-refractivity contribution in [3.05, 3.63) is 94.6 Å². The molecule has 0 radical (unpaired) electrons. The standard InChI is InChI=1S/C24H20BrN3O2/c1-27(2)19-13-11-18(12-14-19)26-22-21(16-7-4-3-5-8-16)23(29)28(24(22)30)20-10-6-9-17(25)15-20/h3-15,26H,1-2H3. The third-order valence-corrected chi connectivity index (χ3v) is 5.36. The molecular weight excluding hydrogens is 442 g/mol. The van der Waals surface area contributed by atoms with Gasteiger partial charge in [0.1, 0.15) is 5.70 Å². The number of imide groups is 1. The third-order valence-electron chi connectivity index (χ3n) is 4.87. The highest BCUT2D eigenvalue weighted by Gasteiger charge is 2.40. The Balaban J connectivity index is 1.77. The Morgan fingerprint density at radius 2 is 1.53 bits per heavy atom. The molecule has 1 aliphatic heterocycles. The molecule has 0 saturated carbocycles. The normalized spacial score (nSPS) is 13.8. The Morgan fingerprint density at radius 1 is 0.833 bits per heavy atom. The van der Waals surface area contributed by atoms with Gasteiger partial charge in [-0.25, -0.2) is 4.90 Å². The first-order valence-corrected chi connectivity index (χ1v) is 10.2. The Hall–Kier alpha value is -3.38. The number of anilines is 3. The molecule has 1 heterocycles. The van der Waals surface area contributed by atoms with Crippen LogP contribution in [-0.4, -0.2) is 25.9 Å². The van der Waals surface area contributed by atoms with Crippen LogP contribution in [0.3, 0.4) is 0 Å². The van der Waals surface area contributed by atoms with Gasteiger partial charge in [-0.1, -0.05) is 52.3 Å². The molecule has 0 unspecified atom stereocenters. The molecule has 0 bridgehead atoms. The highest BCUT2D eigenvalue weighted by atomic mass is 79.9. The molecule has 1 aliphatic rings. The molecule has 150 valence electrons. The molecule has 5 nitrogen and oxygen atoms in total. The number of benzene rings is 3. The largest absolute Gasteiger partial charge is 0.378 e. The number of carbonyl (C=O) groups is 2. The summed E-state index contributed by atoms with van der Waals surface area (Å²) in [6.45, 7) is 0. The van der Waals surface area contributed by atoms with Crippen molar-refractivity contribution >= 4 is 50.4 Å². The second-order valence-electron chi connectivity index (χ2n) is 7.11. The average Bonchev–Trinajstić information content (AvgIpc) is 2.98. The molecule has 4 rings (SSSR count). The minimum atomic E-state index is -0.381. The van der Waals surface area contributed by atoms with Crippen molar-refractivity contribution in [3.63, 3.8) is 0 Å². The number of amides is 2. The number of halogens is 1. The first-order chi connectivity index (χ1) is 14.5. The van der Waals surface area contributed by atoms with E-state index < -0.39 is 0 Å². The summed E-state index contributed by atoms with van der Waals surface area (Å²) >= 11 is 3.41. The molecule has 3 aromatic rings. The fraction of sp³-hybridized carbons (Fsp3) is 0.0833. The summed E-state index contributed by atoms with van der Waals surface area (Å²) in [4.78, 5) is 29.9. The van der Waals surface area contributed by atoms with Crippen LogP contribution in [0.2, 0.25) is 0 Å². The summed E-state index contributed by atoms with van der Waals surface area (Å²) in [5.41, 5.74) is 3.62. The second-order valence-corrected chi connectivity index (χ2v) is 8.02. The number of carbonyl (C=O) groups excluding carboxylic acids is 2. The van der Waals surface area contributed by atoms with Crippen molar-refractivity contribution in [2.24, 2.45) is 0 Å². The third kappa shape index (κ3) is 3.74. The molecule has 0 aromatic heterocycles. The van der Waals surface area contributed by atoms with Crippen molar-refractivity contribution in [2.75, 3.05) is 29.2 Å². The van der Waals surface area contributed by atoms with Crippen molar-refractivity contribution in [3.8, 4) is 0 Å². The van der Waals surface area contributed by atoms with E-state index in [9.17, 15) is 9.59 Å². The van der Waals surface area contributed by atoms with E-state index >= 15 is 0 Å². The minimum absolute atomic E-state index is 0.267. The van der Waals surface area contributed by atoms with E-state index in [1.807, 2.05) is 79.7 Å². The summed E-state index contributed by atoms with van der Waals surface area (Å²) in [5.74, 6) is -0.731. The topological polar surface area (TPSA) is 52.7 Å². The number of hydrogen-bond acceptors (Lipinski definition) is 4. The van der Waals surface area contributed by atoms with E-state index in [0.717, 1.165) is 15.8 Å². The first-order valence-electron chi connectivity index (χ1n) is 9.44. The van der Waals surface area contributed by atoms with Crippen LogP contribution in [0.15, 0.2) is 89.0 Å². The Bertz CT molecular complexity index is 1140. The zero-order chi connectivity index (χ0) is 21.3. The van der Waals surface area contributed by atoms with Crippen LogP contribution < -0.4 is 15.1 Å². The quantitative estimate of drug-likeness (QED) is 0.548. The molecule has 1 N–H and O–H groups in total. The number of nitrogens with one attached hydrogen (secondary N) is 1. The van der Waals surface area contributed by atoms with Gasteiger partial charge in [-0.2, -0.15) is 0 Å². The summed E-state index contributed by atoms with van der Waals surface area (Å²) in [6.07, 6.45) is 0. The molecule has 3 aromatic carbocycles. The van der Waals surface area contributed by atoms with Crippen LogP contribution in [0, 0.1) is 0 Å². The predicted octanol–water partition coefficient (Wildman–Crippen LogP) is 4.91. The summed E-state index contributed by atoms with van der Waals surface area (Å²) in [7, 11) is 3.93. The zero-order valence-corrected chi connectivity index (χ0v) is 18.2. The van der Waals surface area contributed by atoms with Gasteiger partial charge in [0.25, 0.3) is 11.8 Å². The van der Waals surface area contributed by atoms with Gasteiger partial charge in [0.15, 0.2) is 0 Å². The van der Waals surface area contributed by atoms with E-state index in [1.54, 1.807) is 18.2 Å². The zero-order valence-electron chi connectivity index (χ0n) is 16.6. The van der Waals surface area contributed by atoms with Crippen LogP contribution in [0.25, 0.3) is 5.57 Å². The summed E-state index contributed by atoms with van der Waals surface area (Å²) in [5, 5.41) is 3.19. The van der Waals surface area contributed by atoms with Crippen molar-refractivity contribution < 1.29 is 9.59 Å². The smallest absolute Gasteiger partial charge is 0.282 e. The van der Waals surface area contributed by atoms with E-state index in [1.165, 1.54) is 4.90 Å². The molecule has 0 saturated heterocycles. The average molecular weight is 462 g/mol. The lowest BCUT2D eigenvalue weighted by atomic mass is 10.0. The van der Waals surface area contributed by atoms with Crippen molar-refractivity contribution in [2.45, 2.75) is 0 Å². The van der Waals surface area contributed by atoms with E-state index in [0.29, 0.717) is 16.8 Å². The molecule has 2 amide bonds. The Kier molecular flexibility index (Phi) is 5.42. The SMILES string of the molecule is CN(C)c1ccc(NC2=C(c3ccccc3)C(=O)N(c3cccc(Br)c3)C2=O)cc1. The fourth-order valence-corrected chi connectivity index (χ4v) is 3.74. The summed E-state index contributed by atoms with van der Waals surface area (Å²) < 4.78 is 0.794. The van der Waals surface area contributed by atoms with Crippen LogP contribution in [0.4, 0.5) is 17.1 Å². The first kappa shape index (κ1) is 19.9. The molecule has 0 atom stereocenters. The Morgan fingerprint density at radius 3 is 2.17 bits per heavy atom. The van der Waals surface area contributed by atoms with Crippen LogP contribution in [-0.2, 0) is 9.59 Å². The van der Waals surface area contributed by atoms with Gasteiger partial charge < -0.3 is 10.2 Å². The molecular formula is C24H20BrN3O2. The summed E-state index contributed by atoms with van der Waals surface area (Å²) in [6, 6.07) is 24.1. The van der Waals surface area contributed by atoms with E-state index in [-0.39, 0.29) is 17.5 Å². The van der Waals surface area contributed by atoms with Gasteiger partial charge in [0.2, 0.25) is 0 Å². The highest BCUT2D eigenvalue weighted by molar-refractivity contribution is 9.10. The van der Waals surface area contributed by atoms with E-state index in [4.69, 9.17) is 0 Å².